The molecule has 0 saturated carbocycles. The third kappa shape index (κ3) is 5.09. The molecule has 0 bridgehead atoms. The predicted octanol–water partition coefficient (Wildman–Crippen LogP) is 0.796. The molecule has 0 radical (unpaired) electrons. The van der Waals surface area contributed by atoms with Crippen LogP contribution >= 0.6 is 0 Å². The van der Waals surface area contributed by atoms with E-state index in [1.54, 1.807) is 7.05 Å². The van der Waals surface area contributed by atoms with Gasteiger partial charge in [-0.05, 0) is 5.56 Å². The van der Waals surface area contributed by atoms with Crippen LogP contribution in [0.4, 0.5) is 0 Å². The SMILES string of the molecule is [2H]C([2H])([2H])OC[C@@H](NC(C)=O)C(=O)N(C)Cc1ccccc1. The van der Waals surface area contributed by atoms with E-state index in [-0.39, 0.29) is 0 Å². The number of likely N-dealkylation sites (N-methyl/N-ethyl adjacent to an activating group) is 1. The lowest BCUT2D eigenvalue weighted by Crippen LogP contribution is -2.48. The van der Waals surface area contributed by atoms with Gasteiger partial charge in [-0.25, -0.2) is 0 Å². The van der Waals surface area contributed by atoms with Gasteiger partial charge in [0.1, 0.15) is 6.04 Å². The fraction of sp³-hybridized carbons (Fsp3) is 0.429. The van der Waals surface area contributed by atoms with Crippen LogP contribution in [0, 0.1) is 0 Å². The Hall–Kier alpha value is -1.88. The molecule has 0 fully saturated rings. The first-order valence-electron chi connectivity index (χ1n) is 7.39. The fourth-order valence-electron chi connectivity index (χ4n) is 1.70. The molecule has 1 N–H and O–H groups in total. The van der Waals surface area contributed by atoms with Gasteiger partial charge in [0.25, 0.3) is 0 Å². The topological polar surface area (TPSA) is 58.6 Å². The van der Waals surface area contributed by atoms with Gasteiger partial charge in [0.2, 0.25) is 11.8 Å². The summed E-state index contributed by atoms with van der Waals surface area (Å²) in [5.41, 5.74) is 0.927. The van der Waals surface area contributed by atoms with Crippen LogP contribution in [0.25, 0.3) is 0 Å². The number of nitrogens with one attached hydrogen (secondary N) is 1. The van der Waals surface area contributed by atoms with Crippen molar-refractivity contribution in [2.45, 2.75) is 19.5 Å². The molecule has 0 aliphatic carbocycles. The average molecular weight is 267 g/mol. The van der Waals surface area contributed by atoms with Crippen molar-refractivity contribution in [2.75, 3.05) is 20.7 Å². The van der Waals surface area contributed by atoms with E-state index in [9.17, 15) is 9.59 Å². The second-order valence-corrected chi connectivity index (χ2v) is 4.24. The Kier molecular flexibility index (Phi) is 4.36. The highest BCUT2D eigenvalue weighted by atomic mass is 16.5. The first-order chi connectivity index (χ1) is 10.2. The fourth-order valence-corrected chi connectivity index (χ4v) is 1.70. The summed E-state index contributed by atoms with van der Waals surface area (Å²) in [4.78, 5) is 24.9. The summed E-state index contributed by atoms with van der Waals surface area (Å²) in [6.45, 7) is 1.20. The molecule has 1 aromatic rings. The number of rotatable bonds is 6. The molecule has 0 heterocycles. The molecule has 0 unspecified atom stereocenters. The van der Waals surface area contributed by atoms with Crippen molar-refractivity contribution in [3.63, 3.8) is 0 Å². The Morgan fingerprint density at radius 3 is 2.68 bits per heavy atom. The predicted molar refractivity (Wildman–Crippen MR) is 72.4 cm³/mol. The summed E-state index contributed by atoms with van der Waals surface area (Å²) in [6, 6.07) is 8.29. The molecular formula is C14H20N2O3. The van der Waals surface area contributed by atoms with Crippen LogP contribution in [0.1, 0.15) is 16.6 Å². The van der Waals surface area contributed by atoms with Gasteiger partial charge in [-0.15, -0.1) is 0 Å². The minimum Gasteiger partial charge on any atom is -0.382 e. The summed E-state index contributed by atoms with van der Waals surface area (Å²) in [5.74, 6) is -0.844. The zero-order valence-corrected chi connectivity index (χ0v) is 11.1. The summed E-state index contributed by atoms with van der Waals surface area (Å²) < 4.78 is 25.7. The minimum atomic E-state index is -2.62. The van der Waals surface area contributed by atoms with Crippen LogP contribution in [0.2, 0.25) is 0 Å². The highest BCUT2D eigenvalue weighted by molar-refractivity contribution is 5.86. The van der Waals surface area contributed by atoms with E-state index in [4.69, 9.17) is 4.11 Å². The lowest BCUT2D eigenvalue weighted by atomic mass is 10.2. The molecule has 2 amide bonds. The molecule has 104 valence electrons. The van der Waals surface area contributed by atoms with E-state index in [1.165, 1.54) is 11.8 Å². The van der Waals surface area contributed by atoms with Gasteiger partial charge in [-0.2, -0.15) is 0 Å². The van der Waals surface area contributed by atoms with Crippen LogP contribution in [-0.2, 0) is 20.9 Å². The van der Waals surface area contributed by atoms with Crippen LogP contribution in [0.5, 0.6) is 0 Å². The van der Waals surface area contributed by atoms with Crippen molar-refractivity contribution in [3.05, 3.63) is 35.9 Å². The van der Waals surface area contributed by atoms with Gasteiger partial charge in [-0.1, -0.05) is 30.3 Å². The van der Waals surface area contributed by atoms with Gasteiger partial charge in [-0.3, -0.25) is 9.59 Å². The summed E-state index contributed by atoms with van der Waals surface area (Å²) >= 11 is 0. The third-order valence-corrected chi connectivity index (χ3v) is 2.56. The molecule has 1 aromatic carbocycles. The molecule has 0 aliphatic heterocycles. The van der Waals surface area contributed by atoms with Gasteiger partial charge < -0.3 is 15.0 Å². The van der Waals surface area contributed by atoms with Crippen LogP contribution in [0.3, 0.4) is 0 Å². The third-order valence-electron chi connectivity index (χ3n) is 2.56. The number of hydrogen-bond acceptors (Lipinski definition) is 3. The van der Waals surface area contributed by atoms with E-state index in [0.29, 0.717) is 6.54 Å². The Balaban J connectivity index is 2.70. The zero-order valence-electron chi connectivity index (χ0n) is 14.1. The number of carbonyl (C=O) groups excluding carboxylic acids is 2. The van der Waals surface area contributed by atoms with E-state index in [2.05, 4.69) is 10.1 Å². The van der Waals surface area contributed by atoms with Gasteiger partial charge in [0.05, 0.1) is 10.7 Å². The zero-order chi connectivity index (χ0) is 16.8. The molecule has 0 aromatic heterocycles. The number of ether oxygens (including phenoxy) is 1. The number of hydrogen-bond donors (Lipinski definition) is 1. The van der Waals surface area contributed by atoms with Crippen LogP contribution in [-0.4, -0.2) is 43.4 Å². The number of carbonyl (C=O) groups is 2. The lowest BCUT2D eigenvalue weighted by molar-refractivity contribution is -0.136. The van der Waals surface area contributed by atoms with Gasteiger partial charge in [0.15, 0.2) is 0 Å². The molecule has 0 spiro atoms. The Morgan fingerprint density at radius 2 is 2.11 bits per heavy atom. The first kappa shape index (κ1) is 11.0. The number of nitrogens with zero attached hydrogens (tertiary/aromatic N) is 1. The number of benzene rings is 1. The second kappa shape index (κ2) is 7.53. The van der Waals surface area contributed by atoms with Crippen molar-refractivity contribution >= 4 is 11.8 Å². The van der Waals surface area contributed by atoms with Gasteiger partial charge >= 0.3 is 0 Å². The van der Waals surface area contributed by atoms with E-state index < -0.39 is 31.5 Å². The lowest BCUT2D eigenvalue weighted by Gasteiger charge is -2.23. The van der Waals surface area contributed by atoms with E-state index >= 15 is 0 Å². The van der Waals surface area contributed by atoms with Crippen molar-refractivity contribution < 1.29 is 18.4 Å². The summed E-state index contributed by atoms with van der Waals surface area (Å²) in [7, 11) is -1.03. The Labute approximate surface area is 117 Å². The Bertz CT molecular complexity index is 506. The monoisotopic (exact) mass is 267 g/mol. The molecule has 0 saturated heterocycles. The minimum absolute atomic E-state index is 0.351. The molecule has 1 atom stereocenters. The summed E-state index contributed by atoms with van der Waals surface area (Å²) in [6.07, 6.45) is 0. The maximum atomic E-state index is 12.3. The molecule has 0 aliphatic rings. The second-order valence-electron chi connectivity index (χ2n) is 4.24. The Morgan fingerprint density at radius 1 is 1.42 bits per heavy atom. The molecule has 5 heteroatoms. The summed E-state index contributed by atoms with van der Waals surface area (Å²) in [5, 5.41) is 2.41. The maximum absolute atomic E-state index is 12.3. The molecule has 5 nitrogen and oxygen atoms in total. The van der Waals surface area contributed by atoms with Crippen molar-refractivity contribution in [2.24, 2.45) is 0 Å². The highest BCUT2D eigenvalue weighted by Crippen LogP contribution is 2.04. The highest BCUT2D eigenvalue weighted by Gasteiger charge is 2.22. The van der Waals surface area contributed by atoms with Crippen molar-refractivity contribution in [1.29, 1.82) is 0 Å². The van der Waals surface area contributed by atoms with E-state index in [1.807, 2.05) is 30.3 Å². The smallest absolute Gasteiger partial charge is 0.247 e. The largest absolute Gasteiger partial charge is 0.382 e. The number of amides is 2. The molecular weight excluding hydrogens is 244 g/mol. The normalized spacial score (nSPS) is 14.7. The average Bonchev–Trinajstić information content (AvgIpc) is 2.42. The molecule has 19 heavy (non-hydrogen) atoms. The van der Waals surface area contributed by atoms with Crippen LogP contribution < -0.4 is 5.32 Å². The van der Waals surface area contributed by atoms with Gasteiger partial charge in [0, 0.05) is 27.6 Å². The van der Waals surface area contributed by atoms with E-state index in [0.717, 1.165) is 5.56 Å². The van der Waals surface area contributed by atoms with Crippen molar-refractivity contribution in [3.8, 4) is 0 Å². The number of methoxy groups -OCH3 is 1. The standard InChI is InChI=1S/C14H20N2O3/c1-11(17)15-13(10-19-3)14(18)16(2)9-12-7-5-4-6-8-12/h4-8,13H,9-10H2,1-3H3,(H,15,17)/t13-/m1/s1/i3D3. The first-order valence-corrected chi connectivity index (χ1v) is 5.89. The maximum Gasteiger partial charge on any atom is 0.247 e. The quantitative estimate of drug-likeness (QED) is 0.829. The van der Waals surface area contributed by atoms with Crippen molar-refractivity contribution in [1.82, 2.24) is 10.2 Å². The van der Waals surface area contributed by atoms with Crippen LogP contribution in [0.15, 0.2) is 30.3 Å². The molecule has 1 rings (SSSR count).